The topological polar surface area (TPSA) is 24.9 Å². The van der Waals surface area contributed by atoms with Gasteiger partial charge in [0.1, 0.15) is 0 Å². The molecule has 1 N–H and O–H groups in total. The molecule has 1 saturated heterocycles. The van der Waals surface area contributed by atoms with Crippen molar-refractivity contribution in [2.24, 2.45) is 5.92 Å². The van der Waals surface area contributed by atoms with Crippen LogP contribution in [0.25, 0.3) is 10.9 Å². The molecular formula is C15H18N2S. The van der Waals surface area contributed by atoms with Crippen molar-refractivity contribution in [1.82, 2.24) is 10.3 Å². The van der Waals surface area contributed by atoms with Crippen molar-refractivity contribution in [1.29, 1.82) is 0 Å². The summed E-state index contributed by atoms with van der Waals surface area (Å²) in [6.45, 7) is 0. The van der Waals surface area contributed by atoms with Crippen molar-refractivity contribution in [2.75, 3.05) is 18.6 Å². The van der Waals surface area contributed by atoms with E-state index in [4.69, 9.17) is 0 Å². The Labute approximate surface area is 112 Å². The molecule has 1 aromatic carbocycles. The summed E-state index contributed by atoms with van der Waals surface area (Å²) in [7, 11) is 2.07. The summed E-state index contributed by atoms with van der Waals surface area (Å²) >= 11 is 2.07. The van der Waals surface area contributed by atoms with E-state index in [-0.39, 0.29) is 0 Å². The Morgan fingerprint density at radius 3 is 3.06 bits per heavy atom. The molecule has 2 nitrogen and oxygen atoms in total. The van der Waals surface area contributed by atoms with Gasteiger partial charge < -0.3 is 5.32 Å². The van der Waals surface area contributed by atoms with Gasteiger partial charge in [-0.2, -0.15) is 11.8 Å². The molecule has 0 saturated carbocycles. The molecule has 2 heterocycles. The van der Waals surface area contributed by atoms with Crippen LogP contribution in [0.2, 0.25) is 0 Å². The van der Waals surface area contributed by atoms with Crippen molar-refractivity contribution >= 4 is 22.7 Å². The Balaban J connectivity index is 2.06. The van der Waals surface area contributed by atoms with Gasteiger partial charge in [-0.15, -0.1) is 0 Å². The lowest BCUT2D eigenvalue weighted by atomic mass is 9.90. The fraction of sp³-hybridized carbons (Fsp3) is 0.400. The quantitative estimate of drug-likeness (QED) is 0.915. The van der Waals surface area contributed by atoms with Crippen LogP contribution in [-0.2, 0) is 0 Å². The van der Waals surface area contributed by atoms with Crippen LogP contribution in [0.3, 0.4) is 0 Å². The molecule has 18 heavy (non-hydrogen) atoms. The highest BCUT2D eigenvalue weighted by Gasteiger charge is 2.26. The van der Waals surface area contributed by atoms with Gasteiger partial charge in [-0.05, 0) is 48.6 Å². The van der Waals surface area contributed by atoms with E-state index in [1.165, 1.54) is 28.9 Å². The lowest BCUT2D eigenvalue weighted by molar-refractivity contribution is 0.422. The molecule has 0 radical (unpaired) electrons. The molecule has 2 unspecified atom stereocenters. The van der Waals surface area contributed by atoms with E-state index in [0.717, 1.165) is 11.4 Å². The maximum absolute atomic E-state index is 4.45. The van der Waals surface area contributed by atoms with E-state index in [0.29, 0.717) is 6.04 Å². The maximum Gasteiger partial charge on any atom is 0.0705 e. The second-order valence-electron chi connectivity index (χ2n) is 4.81. The van der Waals surface area contributed by atoms with E-state index >= 15 is 0 Å². The number of nitrogens with one attached hydrogen (secondary N) is 1. The molecule has 0 spiro atoms. The van der Waals surface area contributed by atoms with Crippen LogP contribution in [0, 0.1) is 5.92 Å². The van der Waals surface area contributed by atoms with Gasteiger partial charge in [0.2, 0.25) is 0 Å². The number of pyridine rings is 1. The monoisotopic (exact) mass is 258 g/mol. The zero-order valence-corrected chi connectivity index (χ0v) is 11.4. The van der Waals surface area contributed by atoms with Gasteiger partial charge in [0.05, 0.1) is 5.52 Å². The second kappa shape index (κ2) is 5.29. The molecule has 1 fully saturated rings. The average Bonchev–Trinajstić information content (AvgIpc) is 2.94. The third-order valence-electron chi connectivity index (χ3n) is 3.76. The third kappa shape index (κ3) is 2.13. The number of benzene rings is 1. The molecule has 94 valence electrons. The minimum Gasteiger partial charge on any atom is -0.313 e. The molecule has 3 rings (SSSR count). The smallest absolute Gasteiger partial charge is 0.0705 e. The van der Waals surface area contributed by atoms with E-state index in [1.54, 1.807) is 0 Å². The highest BCUT2D eigenvalue weighted by molar-refractivity contribution is 7.99. The molecule has 3 heteroatoms. The van der Waals surface area contributed by atoms with Crippen LogP contribution in [0.4, 0.5) is 0 Å². The first-order valence-electron chi connectivity index (χ1n) is 6.49. The molecule has 1 aliphatic rings. The average molecular weight is 258 g/mol. The Morgan fingerprint density at radius 2 is 2.28 bits per heavy atom. The highest BCUT2D eigenvalue weighted by Crippen LogP contribution is 2.36. The second-order valence-corrected chi connectivity index (χ2v) is 5.96. The maximum atomic E-state index is 4.45. The number of nitrogens with zero attached hydrogens (tertiary/aromatic N) is 1. The van der Waals surface area contributed by atoms with Crippen LogP contribution in [0.1, 0.15) is 18.0 Å². The van der Waals surface area contributed by atoms with Crippen molar-refractivity contribution < 1.29 is 0 Å². The molecule has 1 aliphatic heterocycles. The minimum atomic E-state index is 0.452. The fourth-order valence-corrected chi connectivity index (χ4v) is 4.16. The van der Waals surface area contributed by atoms with E-state index < -0.39 is 0 Å². The summed E-state index contributed by atoms with van der Waals surface area (Å²) in [5.41, 5.74) is 2.50. The molecule has 0 amide bonds. The Kier molecular flexibility index (Phi) is 3.52. The summed E-state index contributed by atoms with van der Waals surface area (Å²) in [6, 6.07) is 11.1. The predicted octanol–water partition coefficient (Wildman–Crippen LogP) is 3.25. The molecule has 0 bridgehead atoms. The van der Waals surface area contributed by atoms with Crippen molar-refractivity contribution in [2.45, 2.75) is 12.5 Å². The Hall–Kier alpha value is -1.06. The third-order valence-corrected chi connectivity index (χ3v) is 4.95. The van der Waals surface area contributed by atoms with Gasteiger partial charge in [0.15, 0.2) is 0 Å². The molecule has 2 atom stereocenters. The first-order valence-corrected chi connectivity index (χ1v) is 7.64. The number of hydrogen-bond donors (Lipinski definition) is 1. The van der Waals surface area contributed by atoms with Crippen molar-refractivity contribution in [3.05, 3.63) is 42.1 Å². The summed E-state index contributed by atoms with van der Waals surface area (Å²) in [5.74, 6) is 3.30. The lowest BCUT2D eigenvalue weighted by Gasteiger charge is -2.24. The number of hydrogen-bond acceptors (Lipinski definition) is 3. The summed E-state index contributed by atoms with van der Waals surface area (Å²) < 4.78 is 0. The van der Waals surface area contributed by atoms with Gasteiger partial charge >= 0.3 is 0 Å². The van der Waals surface area contributed by atoms with E-state index in [2.05, 4.69) is 53.4 Å². The van der Waals surface area contributed by atoms with E-state index in [9.17, 15) is 0 Å². The standard InChI is InChI=1S/C15H18N2S/c1-16-15(11-7-9-18-10-11)13-4-2-6-14-12(13)5-3-8-17-14/h2-6,8,11,15-16H,7,9-10H2,1H3. The number of aromatic nitrogens is 1. The van der Waals surface area contributed by atoms with Crippen LogP contribution >= 0.6 is 11.8 Å². The molecular weight excluding hydrogens is 240 g/mol. The Bertz CT molecular complexity index is 530. The normalized spacial score (nSPS) is 21.3. The van der Waals surface area contributed by atoms with Crippen molar-refractivity contribution in [3.8, 4) is 0 Å². The molecule has 1 aromatic heterocycles. The van der Waals surface area contributed by atoms with Crippen LogP contribution < -0.4 is 5.32 Å². The fourth-order valence-electron chi connectivity index (χ4n) is 2.86. The summed E-state index contributed by atoms with van der Waals surface area (Å²) in [4.78, 5) is 4.45. The molecule has 0 aliphatic carbocycles. The minimum absolute atomic E-state index is 0.452. The summed E-state index contributed by atoms with van der Waals surface area (Å²) in [6.07, 6.45) is 3.18. The van der Waals surface area contributed by atoms with Gasteiger partial charge in [-0.1, -0.05) is 18.2 Å². The predicted molar refractivity (Wildman–Crippen MR) is 79.0 cm³/mol. The van der Waals surface area contributed by atoms with Gasteiger partial charge in [-0.3, -0.25) is 4.98 Å². The highest BCUT2D eigenvalue weighted by atomic mass is 32.2. The first kappa shape index (κ1) is 12.0. The lowest BCUT2D eigenvalue weighted by Crippen LogP contribution is -2.25. The van der Waals surface area contributed by atoms with Crippen molar-refractivity contribution in [3.63, 3.8) is 0 Å². The largest absolute Gasteiger partial charge is 0.313 e. The van der Waals surface area contributed by atoms with Crippen LogP contribution in [0.15, 0.2) is 36.5 Å². The van der Waals surface area contributed by atoms with Gasteiger partial charge in [-0.25, -0.2) is 0 Å². The zero-order valence-electron chi connectivity index (χ0n) is 10.6. The first-order chi connectivity index (χ1) is 8.90. The van der Waals surface area contributed by atoms with E-state index in [1.807, 2.05) is 12.3 Å². The van der Waals surface area contributed by atoms with Crippen LogP contribution in [0.5, 0.6) is 0 Å². The number of fused-ring (bicyclic) bond motifs is 1. The SMILES string of the molecule is CNC(c1cccc2ncccc12)C1CCSC1. The van der Waals surface area contributed by atoms with Gasteiger partial charge in [0, 0.05) is 17.6 Å². The van der Waals surface area contributed by atoms with Crippen LogP contribution in [-0.4, -0.2) is 23.5 Å². The number of rotatable bonds is 3. The number of thioether (sulfide) groups is 1. The molecule has 2 aromatic rings. The van der Waals surface area contributed by atoms with Gasteiger partial charge in [0.25, 0.3) is 0 Å². The summed E-state index contributed by atoms with van der Waals surface area (Å²) in [5, 5.41) is 4.80. The zero-order chi connectivity index (χ0) is 12.4. The Morgan fingerprint density at radius 1 is 1.33 bits per heavy atom.